The molecule has 4 N–H and O–H groups in total. The zero-order valence-corrected chi connectivity index (χ0v) is 13.4. The Morgan fingerprint density at radius 2 is 0.950 bits per heavy atom. The van der Waals surface area contributed by atoms with Crippen LogP contribution in [0.3, 0.4) is 0 Å². The van der Waals surface area contributed by atoms with Gasteiger partial charge in [-0.15, -0.1) is 24.8 Å². The van der Waals surface area contributed by atoms with Gasteiger partial charge in [-0.2, -0.15) is 0 Å². The summed E-state index contributed by atoms with van der Waals surface area (Å²) in [7, 11) is 0. The summed E-state index contributed by atoms with van der Waals surface area (Å²) in [5, 5.41) is 0. The van der Waals surface area contributed by atoms with Crippen LogP contribution in [0.5, 0.6) is 0 Å². The van der Waals surface area contributed by atoms with Crippen LogP contribution in [0, 0.1) is 13.8 Å². The van der Waals surface area contributed by atoms with Crippen LogP contribution in [0.4, 0.5) is 0 Å². The van der Waals surface area contributed by atoms with Gasteiger partial charge < -0.3 is 11.5 Å². The molecular formula is C16H22Cl2N2. The Labute approximate surface area is 133 Å². The van der Waals surface area contributed by atoms with Crippen LogP contribution in [0.15, 0.2) is 48.5 Å². The van der Waals surface area contributed by atoms with Gasteiger partial charge in [0.05, 0.1) is 0 Å². The normalized spacial score (nSPS) is 12.8. The summed E-state index contributed by atoms with van der Waals surface area (Å²) in [6, 6.07) is 15.9. The fraction of sp³-hybridized carbons (Fsp3) is 0.250. The van der Waals surface area contributed by atoms with Crippen molar-refractivity contribution < 1.29 is 0 Å². The van der Waals surface area contributed by atoms with Gasteiger partial charge >= 0.3 is 0 Å². The summed E-state index contributed by atoms with van der Waals surface area (Å²) in [6.07, 6.45) is 0. The molecule has 110 valence electrons. The molecule has 0 spiro atoms. The quantitative estimate of drug-likeness (QED) is 0.904. The van der Waals surface area contributed by atoms with E-state index in [2.05, 4.69) is 38.1 Å². The van der Waals surface area contributed by atoms with Crippen LogP contribution < -0.4 is 11.5 Å². The fourth-order valence-electron chi connectivity index (χ4n) is 2.31. The van der Waals surface area contributed by atoms with Gasteiger partial charge in [-0.3, -0.25) is 0 Å². The smallest absolute Gasteiger partial charge is 0.0493 e. The Balaban J connectivity index is 0.00000180. The minimum atomic E-state index is -0.174. The first-order valence-electron chi connectivity index (χ1n) is 6.23. The molecule has 20 heavy (non-hydrogen) atoms. The highest BCUT2D eigenvalue weighted by atomic mass is 35.5. The molecular weight excluding hydrogens is 291 g/mol. The van der Waals surface area contributed by atoms with E-state index in [1.807, 2.05) is 24.3 Å². The second-order valence-electron chi connectivity index (χ2n) is 4.76. The van der Waals surface area contributed by atoms with Crippen molar-refractivity contribution in [1.29, 1.82) is 0 Å². The van der Waals surface area contributed by atoms with Crippen LogP contribution in [0.25, 0.3) is 0 Å². The second-order valence-corrected chi connectivity index (χ2v) is 4.76. The Hall–Kier alpha value is -1.06. The number of aryl methyl sites for hydroxylation is 2. The maximum absolute atomic E-state index is 6.32. The first-order chi connectivity index (χ1) is 8.61. The number of hydrogen-bond donors (Lipinski definition) is 2. The summed E-state index contributed by atoms with van der Waals surface area (Å²) in [5.41, 5.74) is 17.2. The lowest BCUT2D eigenvalue weighted by molar-refractivity contribution is 0.569. The first-order valence-corrected chi connectivity index (χ1v) is 6.23. The summed E-state index contributed by atoms with van der Waals surface area (Å²) in [5.74, 6) is 0. The van der Waals surface area contributed by atoms with Gasteiger partial charge in [-0.1, -0.05) is 48.5 Å². The van der Waals surface area contributed by atoms with Crippen molar-refractivity contribution in [1.82, 2.24) is 0 Å². The standard InChI is InChI=1S/C16H20N2.2ClH/c1-11-7-3-5-9-13(11)15(17)16(18)14-10-6-4-8-12(14)2;;/h3-10,15-16H,17-18H2,1-2H3;2*1H/t15-,16-;;/m0../s1. The summed E-state index contributed by atoms with van der Waals surface area (Å²) in [6.45, 7) is 4.14. The minimum Gasteiger partial charge on any atom is -0.322 e. The average Bonchev–Trinajstić information content (AvgIpc) is 2.38. The van der Waals surface area contributed by atoms with E-state index >= 15 is 0 Å². The van der Waals surface area contributed by atoms with E-state index in [1.54, 1.807) is 0 Å². The molecule has 2 aromatic carbocycles. The zero-order chi connectivity index (χ0) is 13.1. The molecule has 0 aromatic heterocycles. The Bertz CT molecular complexity index is 494. The van der Waals surface area contributed by atoms with Gasteiger partial charge in [-0.05, 0) is 36.1 Å². The monoisotopic (exact) mass is 312 g/mol. The Morgan fingerprint density at radius 3 is 1.25 bits per heavy atom. The number of nitrogens with two attached hydrogens (primary N) is 2. The fourth-order valence-corrected chi connectivity index (χ4v) is 2.31. The van der Waals surface area contributed by atoms with Crippen LogP contribution in [0.2, 0.25) is 0 Å². The van der Waals surface area contributed by atoms with Crippen molar-refractivity contribution in [2.75, 3.05) is 0 Å². The highest BCUT2D eigenvalue weighted by Gasteiger charge is 2.19. The lowest BCUT2D eigenvalue weighted by Crippen LogP contribution is -2.27. The van der Waals surface area contributed by atoms with E-state index in [9.17, 15) is 0 Å². The van der Waals surface area contributed by atoms with Crippen LogP contribution in [0.1, 0.15) is 34.3 Å². The van der Waals surface area contributed by atoms with Gasteiger partial charge in [0, 0.05) is 12.1 Å². The molecule has 2 nitrogen and oxygen atoms in total. The van der Waals surface area contributed by atoms with Crippen molar-refractivity contribution >= 4 is 24.8 Å². The van der Waals surface area contributed by atoms with E-state index in [1.165, 1.54) is 11.1 Å². The Morgan fingerprint density at radius 1 is 0.650 bits per heavy atom. The van der Waals surface area contributed by atoms with Gasteiger partial charge in [0.25, 0.3) is 0 Å². The van der Waals surface area contributed by atoms with E-state index in [0.29, 0.717) is 0 Å². The van der Waals surface area contributed by atoms with Crippen molar-refractivity contribution in [2.45, 2.75) is 25.9 Å². The lowest BCUT2D eigenvalue weighted by Gasteiger charge is -2.23. The van der Waals surface area contributed by atoms with Gasteiger partial charge in [0.2, 0.25) is 0 Å². The number of benzene rings is 2. The molecule has 0 saturated carbocycles. The summed E-state index contributed by atoms with van der Waals surface area (Å²) in [4.78, 5) is 0. The van der Waals surface area contributed by atoms with Gasteiger partial charge in [0.1, 0.15) is 0 Å². The van der Waals surface area contributed by atoms with Crippen molar-refractivity contribution in [3.05, 3.63) is 70.8 Å². The molecule has 0 fully saturated rings. The summed E-state index contributed by atoms with van der Waals surface area (Å²) < 4.78 is 0. The number of hydrogen-bond acceptors (Lipinski definition) is 2. The predicted molar refractivity (Wildman–Crippen MR) is 90.7 cm³/mol. The first kappa shape index (κ1) is 18.9. The molecule has 0 amide bonds. The molecule has 2 rings (SSSR count). The third kappa shape index (κ3) is 3.97. The van der Waals surface area contributed by atoms with E-state index in [-0.39, 0.29) is 36.9 Å². The van der Waals surface area contributed by atoms with Crippen molar-refractivity contribution in [3.63, 3.8) is 0 Å². The molecule has 0 aliphatic heterocycles. The average molecular weight is 313 g/mol. The number of rotatable bonds is 3. The molecule has 2 aromatic rings. The molecule has 0 aliphatic rings. The zero-order valence-electron chi connectivity index (χ0n) is 11.7. The highest BCUT2D eigenvalue weighted by molar-refractivity contribution is 5.85. The molecule has 0 bridgehead atoms. The second kappa shape index (κ2) is 8.28. The molecule has 0 radical (unpaired) electrons. The van der Waals surface area contributed by atoms with Crippen LogP contribution >= 0.6 is 24.8 Å². The maximum atomic E-state index is 6.32. The SMILES string of the molecule is Cc1ccccc1[C@H](N)[C@@H](N)c1ccccc1C.Cl.Cl. The van der Waals surface area contributed by atoms with Crippen molar-refractivity contribution in [3.8, 4) is 0 Å². The van der Waals surface area contributed by atoms with E-state index in [4.69, 9.17) is 11.5 Å². The topological polar surface area (TPSA) is 52.0 Å². The summed E-state index contributed by atoms with van der Waals surface area (Å²) >= 11 is 0. The van der Waals surface area contributed by atoms with Gasteiger partial charge in [0.15, 0.2) is 0 Å². The highest BCUT2D eigenvalue weighted by Crippen LogP contribution is 2.28. The predicted octanol–water partition coefficient (Wildman–Crippen LogP) is 3.85. The third-order valence-electron chi connectivity index (χ3n) is 3.48. The Kier molecular flexibility index (Phi) is 7.84. The number of halogens is 2. The molecule has 0 heterocycles. The van der Waals surface area contributed by atoms with Crippen LogP contribution in [-0.4, -0.2) is 0 Å². The van der Waals surface area contributed by atoms with Crippen molar-refractivity contribution in [2.24, 2.45) is 11.5 Å². The molecule has 0 saturated heterocycles. The molecule has 2 atom stereocenters. The van der Waals surface area contributed by atoms with Gasteiger partial charge in [-0.25, -0.2) is 0 Å². The van der Waals surface area contributed by atoms with E-state index < -0.39 is 0 Å². The minimum absolute atomic E-state index is 0. The molecule has 4 heteroatoms. The molecule has 0 unspecified atom stereocenters. The molecule has 0 aliphatic carbocycles. The largest absolute Gasteiger partial charge is 0.322 e. The van der Waals surface area contributed by atoms with Crippen LogP contribution in [-0.2, 0) is 0 Å². The van der Waals surface area contributed by atoms with E-state index in [0.717, 1.165) is 11.1 Å². The lowest BCUT2D eigenvalue weighted by atomic mass is 9.90. The third-order valence-corrected chi connectivity index (χ3v) is 3.48. The maximum Gasteiger partial charge on any atom is 0.0493 e.